The normalized spacial score (nSPS) is 19.5. The van der Waals surface area contributed by atoms with Crippen LogP contribution in [0.25, 0.3) is 6.08 Å². The minimum Gasteiger partial charge on any atom is -0.495 e. The predicted molar refractivity (Wildman–Crippen MR) is 86.4 cm³/mol. The van der Waals surface area contributed by atoms with Crippen LogP contribution >= 0.6 is 0 Å². The number of ether oxygens (including phenoxy) is 1. The monoisotopic (exact) mass is 318 g/mol. The van der Waals surface area contributed by atoms with Crippen molar-refractivity contribution in [1.29, 1.82) is 0 Å². The summed E-state index contributed by atoms with van der Waals surface area (Å²) in [4.78, 5) is 11.7. The van der Waals surface area contributed by atoms with Crippen molar-refractivity contribution in [2.24, 2.45) is 0 Å². The van der Waals surface area contributed by atoms with Crippen molar-refractivity contribution in [2.45, 2.75) is 23.8 Å². The van der Waals surface area contributed by atoms with Gasteiger partial charge in [0.05, 0.1) is 28.6 Å². The minimum atomic E-state index is -1.29. The van der Waals surface area contributed by atoms with Crippen molar-refractivity contribution < 1.29 is 13.7 Å². The Labute approximate surface area is 132 Å². The van der Waals surface area contributed by atoms with Crippen LogP contribution in [0.5, 0.6) is 5.75 Å². The lowest BCUT2D eigenvalue weighted by atomic mass is 10.1. The van der Waals surface area contributed by atoms with Crippen molar-refractivity contribution in [2.75, 3.05) is 12.9 Å². The van der Waals surface area contributed by atoms with Gasteiger partial charge in [-0.25, -0.2) is 5.43 Å². The molecule has 0 aromatic heterocycles. The van der Waals surface area contributed by atoms with E-state index >= 15 is 0 Å². The van der Waals surface area contributed by atoms with E-state index < -0.39 is 10.8 Å². The Hall–Kier alpha value is -2.10. The van der Waals surface area contributed by atoms with Crippen molar-refractivity contribution >= 4 is 22.8 Å². The van der Waals surface area contributed by atoms with Gasteiger partial charge >= 0.3 is 0 Å². The number of amides is 1. The average molecular weight is 318 g/mol. The quantitative estimate of drug-likeness (QED) is 0.802. The molecule has 0 radical (unpaired) electrons. The lowest BCUT2D eigenvalue weighted by Crippen LogP contribution is -2.48. The van der Waals surface area contributed by atoms with Gasteiger partial charge in [0, 0.05) is 12.5 Å². The number of hydrogen-bond donors (Lipinski definition) is 2. The second-order valence-electron chi connectivity index (χ2n) is 4.80. The first-order chi connectivity index (χ1) is 10.6. The number of rotatable bonds is 5. The van der Waals surface area contributed by atoms with Gasteiger partial charge in [-0.15, -0.1) is 6.42 Å². The molecule has 1 aromatic rings. The number of methoxy groups -OCH3 is 1. The van der Waals surface area contributed by atoms with Crippen LogP contribution in [0.15, 0.2) is 29.2 Å². The van der Waals surface area contributed by atoms with Gasteiger partial charge in [-0.1, -0.05) is 24.1 Å². The average Bonchev–Trinajstić information content (AvgIpc) is 2.54. The van der Waals surface area contributed by atoms with Crippen molar-refractivity contribution in [3.05, 3.63) is 29.8 Å². The number of nitrogens with one attached hydrogen (secondary N) is 2. The molecule has 1 aliphatic rings. The van der Waals surface area contributed by atoms with Crippen molar-refractivity contribution in [1.82, 2.24) is 10.9 Å². The van der Waals surface area contributed by atoms with E-state index in [2.05, 4.69) is 16.8 Å². The fourth-order valence-electron chi connectivity index (χ4n) is 2.09. The Morgan fingerprint density at radius 3 is 3.00 bits per heavy atom. The maximum absolute atomic E-state index is 12.1. The molecular weight excluding hydrogens is 300 g/mol. The first-order valence-corrected chi connectivity index (χ1v) is 8.18. The maximum atomic E-state index is 12.1. The zero-order valence-corrected chi connectivity index (χ0v) is 13.1. The topological polar surface area (TPSA) is 67.4 Å². The molecule has 116 valence electrons. The maximum Gasteiger partial charge on any atom is 0.234 e. The van der Waals surface area contributed by atoms with Gasteiger partial charge in [0.1, 0.15) is 5.75 Å². The summed E-state index contributed by atoms with van der Waals surface area (Å²) in [5, 5.41) is 0. The van der Waals surface area contributed by atoms with Gasteiger partial charge in [-0.3, -0.25) is 14.4 Å². The van der Waals surface area contributed by atoms with Crippen LogP contribution in [-0.2, 0) is 15.6 Å². The summed E-state index contributed by atoms with van der Waals surface area (Å²) in [6, 6.07) is 5.55. The molecule has 6 heteroatoms. The number of benzene rings is 1. The van der Waals surface area contributed by atoms with Gasteiger partial charge in [0.2, 0.25) is 5.91 Å². The van der Waals surface area contributed by atoms with Gasteiger partial charge in [0.15, 0.2) is 0 Å². The van der Waals surface area contributed by atoms with Gasteiger partial charge in [-0.05, 0) is 24.1 Å². The molecule has 0 aliphatic carbocycles. The number of carbonyl (C=O) groups excluding carboxylic acids is 1. The molecular formula is C16H18N2O3S. The summed E-state index contributed by atoms with van der Waals surface area (Å²) in [7, 11) is 0.252. The summed E-state index contributed by atoms with van der Waals surface area (Å²) in [5.74, 6) is 3.12. The number of hydrazine groups is 1. The lowest BCUT2D eigenvalue weighted by molar-refractivity contribution is -0.123. The zero-order chi connectivity index (χ0) is 15.9. The van der Waals surface area contributed by atoms with E-state index in [1.807, 2.05) is 24.3 Å². The van der Waals surface area contributed by atoms with Crippen LogP contribution in [0.1, 0.15) is 18.4 Å². The molecule has 0 saturated carbocycles. The Balaban J connectivity index is 2.14. The van der Waals surface area contributed by atoms with E-state index in [0.29, 0.717) is 17.1 Å². The first-order valence-electron chi connectivity index (χ1n) is 6.86. The number of carbonyl (C=O) groups is 1. The molecule has 2 atom stereocenters. The highest BCUT2D eigenvalue weighted by atomic mass is 32.2. The third-order valence-corrected chi connectivity index (χ3v) is 4.49. The van der Waals surface area contributed by atoms with Crippen molar-refractivity contribution in [3.8, 4) is 18.1 Å². The largest absolute Gasteiger partial charge is 0.495 e. The van der Waals surface area contributed by atoms with Crippen LogP contribution < -0.4 is 15.6 Å². The molecule has 2 N–H and O–H groups in total. The Morgan fingerprint density at radius 2 is 2.36 bits per heavy atom. The van der Waals surface area contributed by atoms with E-state index in [1.165, 1.54) is 7.11 Å². The molecule has 1 aromatic carbocycles. The lowest BCUT2D eigenvalue weighted by Gasteiger charge is -2.20. The fraction of sp³-hybridized carbons (Fsp3) is 0.312. The molecule has 1 saturated heterocycles. The Bertz CT molecular complexity index is 639. The Morgan fingerprint density at radius 1 is 1.55 bits per heavy atom. The summed E-state index contributed by atoms with van der Waals surface area (Å²) < 4.78 is 17.4. The third kappa shape index (κ3) is 4.20. The number of hydrogen-bond acceptors (Lipinski definition) is 4. The first kappa shape index (κ1) is 16.3. The van der Waals surface area contributed by atoms with Gasteiger partial charge in [0.25, 0.3) is 0 Å². The van der Waals surface area contributed by atoms with E-state index in [0.717, 1.165) is 12.0 Å². The molecule has 1 heterocycles. The highest BCUT2D eigenvalue weighted by Crippen LogP contribution is 2.24. The van der Waals surface area contributed by atoms with Gasteiger partial charge < -0.3 is 4.74 Å². The summed E-state index contributed by atoms with van der Waals surface area (Å²) >= 11 is 0. The zero-order valence-electron chi connectivity index (χ0n) is 12.3. The van der Waals surface area contributed by atoms with E-state index in [1.54, 1.807) is 6.07 Å². The molecule has 2 rings (SSSR count). The van der Waals surface area contributed by atoms with Crippen LogP contribution in [0.2, 0.25) is 0 Å². The molecule has 1 amide bonds. The fourth-order valence-corrected chi connectivity index (χ4v) is 3.04. The van der Waals surface area contributed by atoms with E-state index in [-0.39, 0.29) is 17.7 Å². The van der Waals surface area contributed by atoms with Crippen LogP contribution in [0.4, 0.5) is 0 Å². The standard InChI is InChI=1S/C16H18N2O3S/c1-3-10-22(20)15-11-12(5-8-14(15)21-2)4-6-13-7-9-16(19)18-17-13/h1,4-6,8,11,13,17H,7,9-10H2,2H3,(H,18,19)/b6-4+. The SMILES string of the molecule is C#CCS(=O)c1cc(/C=C/C2CCC(=O)NN2)ccc1OC. The summed E-state index contributed by atoms with van der Waals surface area (Å²) in [6.45, 7) is 0. The Kier molecular flexibility index (Phi) is 5.75. The molecule has 22 heavy (non-hydrogen) atoms. The molecule has 1 fully saturated rings. The van der Waals surface area contributed by atoms with E-state index in [4.69, 9.17) is 11.2 Å². The smallest absolute Gasteiger partial charge is 0.234 e. The third-order valence-electron chi connectivity index (χ3n) is 3.25. The molecule has 2 unspecified atom stereocenters. The van der Waals surface area contributed by atoms with Crippen LogP contribution in [0, 0.1) is 12.3 Å². The van der Waals surface area contributed by atoms with Crippen LogP contribution in [0.3, 0.4) is 0 Å². The number of terminal acetylenes is 1. The minimum absolute atomic E-state index is 0.000986. The van der Waals surface area contributed by atoms with Gasteiger partial charge in [-0.2, -0.15) is 0 Å². The molecule has 0 spiro atoms. The summed E-state index contributed by atoms with van der Waals surface area (Å²) in [6.07, 6.45) is 10.4. The summed E-state index contributed by atoms with van der Waals surface area (Å²) in [5.41, 5.74) is 6.43. The highest BCUT2D eigenvalue weighted by molar-refractivity contribution is 7.85. The van der Waals surface area contributed by atoms with Crippen LogP contribution in [-0.4, -0.2) is 29.0 Å². The highest BCUT2D eigenvalue weighted by Gasteiger charge is 2.15. The van der Waals surface area contributed by atoms with Crippen molar-refractivity contribution in [3.63, 3.8) is 0 Å². The second kappa shape index (κ2) is 7.78. The predicted octanol–water partition coefficient (Wildman–Crippen LogP) is 1.23. The second-order valence-corrected chi connectivity index (χ2v) is 6.22. The molecule has 5 nitrogen and oxygen atoms in total. The van der Waals surface area contributed by atoms with E-state index in [9.17, 15) is 9.00 Å². The molecule has 0 bridgehead atoms. The molecule has 1 aliphatic heterocycles.